The maximum atomic E-state index is 12.6. The first-order chi connectivity index (χ1) is 11.1. The molecule has 1 aliphatic carbocycles. The van der Waals surface area contributed by atoms with Crippen molar-refractivity contribution in [2.75, 3.05) is 0 Å². The Balaban J connectivity index is 1.80. The van der Waals surface area contributed by atoms with Crippen LogP contribution in [0.4, 0.5) is 0 Å². The quantitative estimate of drug-likeness (QED) is 0.841. The molecule has 0 saturated heterocycles. The molecule has 3 nitrogen and oxygen atoms in total. The molecule has 0 radical (unpaired) electrons. The number of benzene rings is 2. The summed E-state index contributed by atoms with van der Waals surface area (Å²) in [5.74, 6) is 0.0256. The lowest BCUT2D eigenvalue weighted by molar-refractivity contribution is -0.123. The normalized spacial score (nSPS) is 16.6. The Hall–Kier alpha value is -1.84. The molecule has 0 spiro atoms. The van der Waals surface area contributed by atoms with E-state index in [9.17, 15) is 4.79 Å². The Morgan fingerprint density at radius 2 is 1.74 bits per heavy atom. The van der Waals surface area contributed by atoms with Gasteiger partial charge in [-0.25, -0.2) is 0 Å². The minimum atomic E-state index is -0.386. The Morgan fingerprint density at radius 3 is 2.39 bits per heavy atom. The second kappa shape index (κ2) is 7.16. The highest BCUT2D eigenvalue weighted by atomic mass is 35.5. The molecule has 1 saturated carbocycles. The Morgan fingerprint density at radius 1 is 1.09 bits per heavy atom. The third-order valence-corrected chi connectivity index (χ3v) is 4.45. The van der Waals surface area contributed by atoms with Crippen molar-refractivity contribution in [3.05, 3.63) is 70.7 Å². The van der Waals surface area contributed by atoms with Crippen LogP contribution in [0.15, 0.2) is 54.6 Å². The Bertz CT molecular complexity index is 670. The maximum absolute atomic E-state index is 12.6. The summed E-state index contributed by atoms with van der Waals surface area (Å²) in [5.41, 5.74) is 1.96. The van der Waals surface area contributed by atoms with Crippen LogP contribution in [-0.2, 0) is 4.79 Å². The molecule has 1 fully saturated rings. The second-order valence-electron chi connectivity index (χ2n) is 6.04. The number of halogens is 1. The fourth-order valence-electron chi connectivity index (χ4n) is 2.65. The van der Waals surface area contributed by atoms with E-state index in [1.165, 1.54) is 0 Å². The van der Waals surface area contributed by atoms with Crippen LogP contribution in [0.2, 0.25) is 5.02 Å². The summed E-state index contributed by atoms with van der Waals surface area (Å²) in [6.07, 6.45) is 2.15. The molecule has 0 aromatic heterocycles. The fraction of sp³-hybridized carbons (Fsp3) is 0.316. The zero-order valence-corrected chi connectivity index (χ0v) is 13.9. The topological polar surface area (TPSA) is 41.1 Å². The average Bonchev–Trinajstić information content (AvgIpc) is 3.37. The van der Waals surface area contributed by atoms with Gasteiger partial charge in [0, 0.05) is 17.1 Å². The second-order valence-corrected chi connectivity index (χ2v) is 6.44. The summed E-state index contributed by atoms with van der Waals surface area (Å²) in [6.45, 7) is 2.03. The lowest BCUT2D eigenvalue weighted by Crippen LogP contribution is -2.39. The molecule has 2 atom stereocenters. The number of carbonyl (C=O) groups excluding carboxylic acids is 1. The van der Waals surface area contributed by atoms with Crippen molar-refractivity contribution >= 4 is 17.5 Å². The Kier molecular flexibility index (Phi) is 4.99. The molecule has 4 heteroatoms. The first-order valence-electron chi connectivity index (χ1n) is 8.01. The number of rotatable bonds is 6. The molecule has 2 N–H and O–H groups in total. The van der Waals surface area contributed by atoms with E-state index in [4.69, 9.17) is 11.6 Å². The van der Waals surface area contributed by atoms with Gasteiger partial charge in [-0.2, -0.15) is 0 Å². The van der Waals surface area contributed by atoms with E-state index >= 15 is 0 Å². The molecule has 3 rings (SSSR count). The van der Waals surface area contributed by atoms with Gasteiger partial charge in [-0.15, -0.1) is 0 Å². The lowest BCUT2D eigenvalue weighted by atomic mass is 10.0. The molecule has 1 aliphatic rings. The average molecular weight is 329 g/mol. The highest BCUT2D eigenvalue weighted by Gasteiger charge is 2.29. The lowest BCUT2D eigenvalue weighted by Gasteiger charge is -2.24. The van der Waals surface area contributed by atoms with Gasteiger partial charge in [-0.1, -0.05) is 60.1 Å². The van der Waals surface area contributed by atoms with Crippen molar-refractivity contribution in [3.8, 4) is 0 Å². The first-order valence-corrected chi connectivity index (χ1v) is 8.39. The maximum Gasteiger partial charge on any atom is 0.241 e. The van der Waals surface area contributed by atoms with Gasteiger partial charge in [0.1, 0.15) is 6.04 Å². The summed E-state index contributed by atoms with van der Waals surface area (Å²) >= 11 is 6.28. The predicted molar refractivity (Wildman–Crippen MR) is 93.4 cm³/mol. The van der Waals surface area contributed by atoms with Gasteiger partial charge < -0.3 is 5.32 Å². The minimum absolute atomic E-state index is 0.0256. The number of hydrogen-bond acceptors (Lipinski definition) is 2. The van der Waals surface area contributed by atoms with Crippen molar-refractivity contribution in [2.24, 2.45) is 0 Å². The van der Waals surface area contributed by atoms with Crippen LogP contribution in [0, 0.1) is 0 Å². The monoisotopic (exact) mass is 328 g/mol. The third-order valence-electron chi connectivity index (χ3n) is 4.11. The van der Waals surface area contributed by atoms with Gasteiger partial charge in [-0.05, 0) is 37.0 Å². The summed E-state index contributed by atoms with van der Waals surface area (Å²) in [7, 11) is 0. The summed E-state index contributed by atoms with van der Waals surface area (Å²) in [5, 5.41) is 7.23. The van der Waals surface area contributed by atoms with Crippen molar-refractivity contribution in [3.63, 3.8) is 0 Å². The highest BCUT2D eigenvalue weighted by Crippen LogP contribution is 2.26. The van der Waals surface area contributed by atoms with Crippen LogP contribution in [0.5, 0.6) is 0 Å². The minimum Gasteiger partial charge on any atom is -0.352 e. The van der Waals surface area contributed by atoms with E-state index in [0.717, 1.165) is 24.0 Å². The van der Waals surface area contributed by atoms with Crippen LogP contribution in [0.1, 0.15) is 43.0 Å². The highest BCUT2D eigenvalue weighted by molar-refractivity contribution is 6.31. The molecule has 0 bridgehead atoms. The van der Waals surface area contributed by atoms with E-state index < -0.39 is 0 Å². The van der Waals surface area contributed by atoms with Gasteiger partial charge >= 0.3 is 0 Å². The zero-order chi connectivity index (χ0) is 16.2. The first kappa shape index (κ1) is 16.0. The van der Waals surface area contributed by atoms with E-state index in [2.05, 4.69) is 10.6 Å². The molecule has 23 heavy (non-hydrogen) atoms. The van der Waals surface area contributed by atoms with Crippen molar-refractivity contribution in [1.82, 2.24) is 10.6 Å². The van der Waals surface area contributed by atoms with Gasteiger partial charge in [0.2, 0.25) is 5.91 Å². The predicted octanol–water partition coefficient (Wildman–Crippen LogP) is 4.01. The van der Waals surface area contributed by atoms with Crippen LogP contribution < -0.4 is 10.6 Å². The zero-order valence-electron chi connectivity index (χ0n) is 13.1. The van der Waals surface area contributed by atoms with Crippen molar-refractivity contribution in [1.29, 1.82) is 0 Å². The third kappa shape index (κ3) is 4.12. The number of nitrogens with one attached hydrogen (secondary N) is 2. The molecular weight excluding hydrogens is 308 g/mol. The van der Waals surface area contributed by atoms with Crippen LogP contribution in [0.3, 0.4) is 0 Å². The molecule has 2 aromatic rings. The van der Waals surface area contributed by atoms with Gasteiger partial charge in [-0.3, -0.25) is 10.1 Å². The van der Waals surface area contributed by atoms with E-state index in [-0.39, 0.29) is 18.0 Å². The van der Waals surface area contributed by atoms with E-state index in [1.54, 1.807) is 0 Å². The fourth-order valence-corrected chi connectivity index (χ4v) is 2.95. The summed E-state index contributed by atoms with van der Waals surface area (Å²) in [4.78, 5) is 12.6. The van der Waals surface area contributed by atoms with Crippen LogP contribution in [-0.4, -0.2) is 11.9 Å². The summed E-state index contributed by atoms with van der Waals surface area (Å²) in [6, 6.07) is 17.5. The molecule has 120 valence electrons. The smallest absolute Gasteiger partial charge is 0.241 e. The standard InChI is InChI=1S/C19H21ClN2O/c1-13(16-9-5-6-10-17(16)20)21-18(14-7-3-2-4-8-14)19(23)22-15-11-12-15/h2-10,13,15,18,21H,11-12H2,1H3,(H,22,23)/t13-,18+/m0/s1. The van der Waals surface area contributed by atoms with Gasteiger partial charge in [0.25, 0.3) is 0 Å². The SMILES string of the molecule is C[C@H](N[C@@H](C(=O)NC1CC1)c1ccccc1)c1ccccc1Cl. The van der Waals surface area contributed by atoms with Gasteiger partial charge in [0.05, 0.1) is 0 Å². The number of amides is 1. The van der Waals surface area contributed by atoms with E-state index in [1.807, 2.05) is 61.5 Å². The molecular formula is C19H21ClN2O. The Labute approximate surface area is 142 Å². The largest absolute Gasteiger partial charge is 0.352 e. The van der Waals surface area contributed by atoms with Gasteiger partial charge in [0.15, 0.2) is 0 Å². The van der Waals surface area contributed by atoms with Crippen LogP contribution >= 0.6 is 11.6 Å². The molecule has 0 heterocycles. The van der Waals surface area contributed by atoms with Crippen molar-refractivity contribution < 1.29 is 4.79 Å². The number of carbonyl (C=O) groups is 1. The van der Waals surface area contributed by atoms with E-state index in [0.29, 0.717) is 11.1 Å². The van der Waals surface area contributed by atoms with Crippen molar-refractivity contribution in [2.45, 2.75) is 37.9 Å². The summed E-state index contributed by atoms with van der Waals surface area (Å²) < 4.78 is 0. The molecule has 0 aliphatic heterocycles. The number of hydrogen-bond donors (Lipinski definition) is 2. The molecule has 2 aromatic carbocycles. The molecule has 1 amide bonds. The van der Waals surface area contributed by atoms with Crippen LogP contribution in [0.25, 0.3) is 0 Å². The molecule has 0 unspecified atom stereocenters.